The Bertz CT molecular complexity index is 1770. The molecular formula is C36H33N3O7S. The number of thiazole rings is 1. The molecule has 47 heavy (non-hydrogen) atoms. The molecule has 5 aromatic rings. The number of oxime groups is 1. The number of rotatable bonds is 11. The zero-order chi connectivity index (χ0) is 33.6. The number of anilines is 1. The van der Waals surface area contributed by atoms with Crippen molar-refractivity contribution in [3.8, 4) is 11.5 Å². The highest BCUT2D eigenvalue weighted by Crippen LogP contribution is 2.40. The van der Waals surface area contributed by atoms with Crippen molar-refractivity contribution >= 4 is 34.1 Å². The Morgan fingerprint density at radius 3 is 1.81 bits per heavy atom. The van der Waals surface area contributed by atoms with Crippen LogP contribution in [0.1, 0.15) is 54.8 Å². The fourth-order valence-corrected chi connectivity index (χ4v) is 5.73. The van der Waals surface area contributed by atoms with Crippen molar-refractivity contribution in [2.75, 3.05) is 5.32 Å². The number of phenols is 2. The Morgan fingerprint density at radius 2 is 1.34 bits per heavy atom. The van der Waals surface area contributed by atoms with Gasteiger partial charge in [0.05, 0.1) is 0 Å². The topological polar surface area (TPSA) is 151 Å². The van der Waals surface area contributed by atoms with Crippen LogP contribution in [0.3, 0.4) is 0 Å². The van der Waals surface area contributed by atoms with E-state index in [1.54, 1.807) is 20.8 Å². The summed E-state index contributed by atoms with van der Waals surface area (Å²) in [4.78, 5) is 35.7. The maximum absolute atomic E-state index is 13.1. The van der Waals surface area contributed by atoms with E-state index < -0.39 is 46.4 Å². The fraction of sp³-hybridized carbons (Fsp3) is 0.167. The Morgan fingerprint density at radius 1 is 0.809 bits per heavy atom. The van der Waals surface area contributed by atoms with Crippen LogP contribution in [-0.2, 0) is 24.7 Å². The van der Waals surface area contributed by atoms with E-state index in [4.69, 9.17) is 9.57 Å². The second-order valence-corrected chi connectivity index (χ2v) is 12.4. The molecule has 0 aliphatic rings. The van der Waals surface area contributed by atoms with Crippen LogP contribution < -0.4 is 5.32 Å². The minimum Gasteiger partial charge on any atom is -0.504 e. The van der Waals surface area contributed by atoms with E-state index in [0.29, 0.717) is 5.13 Å². The molecule has 1 heterocycles. The normalized spacial score (nSPS) is 12.6. The van der Waals surface area contributed by atoms with Crippen molar-refractivity contribution < 1.29 is 34.5 Å². The summed E-state index contributed by atoms with van der Waals surface area (Å²) >= 11 is 1.18. The van der Waals surface area contributed by atoms with Crippen molar-refractivity contribution in [2.45, 2.75) is 38.0 Å². The van der Waals surface area contributed by atoms with Crippen LogP contribution in [0.2, 0.25) is 0 Å². The number of carboxylic acids is 1. The smallest absolute Gasteiger partial charge is 0.360 e. The highest BCUT2D eigenvalue weighted by molar-refractivity contribution is 7.14. The number of carbonyl (C=O) groups excluding carboxylic acids is 1. The van der Waals surface area contributed by atoms with E-state index in [1.165, 1.54) is 28.8 Å². The number of nitrogens with zero attached hydrogens (tertiary/aromatic N) is 2. The summed E-state index contributed by atoms with van der Waals surface area (Å²) in [6.07, 6.45) is -1.56. The van der Waals surface area contributed by atoms with Gasteiger partial charge in [-0.1, -0.05) is 102 Å². The molecule has 0 aliphatic heterocycles. The van der Waals surface area contributed by atoms with Gasteiger partial charge >= 0.3 is 11.9 Å². The van der Waals surface area contributed by atoms with Crippen LogP contribution in [0.25, 0.3) is 0 Å². The molecule has 0 fully saturated rings. The van der Waals surface area contributed by atoms with Gasteiger partial charge in [0.25, 0.3) is 0 Å². The third-order valence-electron chi connectivity index (χ3n) is 7.04. The average Bonchev–Trinajstić information content (AvgIpc) is 3.51. The lowest BCUT2D eigenvalue weighted by atomic mass is 9.77. The molecule has 5 rings (SSSR count). The molecule has 240 valence electrons. The van der Waals surface area contributed by atoms with Crippen LogP contribution in [0.15, 0.2) is 120 Å². The van der Waals surface area contributed by atoms with Gasteiger partial charge in [-0.05, 0) is 49.6 Å². The molecule has 0 amide bonds. The molecule has 0 radical (unpaired) electrons. The van der Waals surface area contributed by atoms with E-state index in [1.807, 2.05) is 91.0 Å². The number of nitrogens with one attached hydrogen (secondary N) is 1. The van der Waals surface area contributed by atoms with Gasteiger partial charge in [0.15, 0.2) is 16.6 Å². The van der Waals surface area contributed by atoms with E-state index >= 15 is 0 Å². The van der Waals surface area contributed by atoms with Crippen LogP contribution in [0.5, 0.6) is 11.5 Å². The lowest BCUT2D eigenvalue weighted by Crippen LogP contribution is -2.38. The Labute approximate surface area is 275 Å². The summed E-state index contributed by atoms with van der Waals surface area (Å²) < 4.78 is 5.46. The predicted octanol–water partition coefficient (Wildman–Crippen LogP) is 6.85. The lowest BCUT2D eigenvalue weighted by Gasteiger charge is -2.36. The molecule has 0 saturated carbocycles. The Hall–Kier alpha value is -5.68. The highest BCUT2D eigenvalue weighted by atomic mass is 32.1. The molecule has 0 saturated heterocycles. The molecule has 1 aromatic heterocycles. The van der Waals surface area contributed by atoms with Crippen LogP contribution >= 0.6 is 11.3 Å². The summed E-state index contributed by atoms with van der Waals surface area (Å²) in [6, 6.07) is 33.2. The highest BCUT2D eigenvalue weighted by Gasteiger charge is 2.37. The number of hydrogen-bond donors (Lipinski definition) is 4. The van der Waals surface area contributed by atoms with E-state index in [9.17, 15) is 24.9 Å². The van der Waals surface area contributed by atoms with Gasteiger partial charge in [-0.25, -0.2) is 14.6 Å². The summed E-state index contributed by atoms with van der Waals surface area (Å²) in [5.74, 6) is -3.24. The minimum absolute atomic E-state index is 0.00965. The van der Waals surface area contributed by atoms with Gasteiger partial charge in [-0.2, -0.15) is 0 Å². The first-order valence-corrected chi connectivity index (χ1v) is 15.5. The zero-order valence-electron chi connectivity index (χ0n) is 25.8. The number of carboxylic acid groups (broad SMARTS) is 1. The first-order valence-electron chi connectivity index (χ1n) is 14.6. The van der Waals surface area contributed by atoms with E-state index in [2.05, 4.69) is 15.5 Å². The van der Waals surface area contributed by atoms with Crippen molar-refractivity contribution in [1.29, 1.82) is 0 Å². The maximum Gasteiger partial charge on any atom is 0.360 e. The van der Waals surface area contributed by atoms with Crippen molar-refractivity contribution in [2.24, 2.45) is 5.16 Å². The largest absolute Gasteiger partial charge is 0.504 e. The first-order chi connectivity index (χ1) is 22.5. The van der Waals surface area contributed by atoms with Crippen LogP contribution in [0, 0.1) is 0 Å². The number of esters is 1. The summed E-state index contributed by atoms with van der Waals surface area (Å²) in [5, 5.41) is 39.3. The molecule has 0 bridgehead atoms. The molecule has 1 atom stereocenters. The number of benzene rings is 4. The van der Waals surface area contributed by atoms with Gasteiger partial charge in [0, 0.05) is 10.9 Å². The fourth-order valence-electron chi connectivity index (χ4n) is 4.98. The molecule has 4 N–H and O–H groups in total. The third kappa shape index (κ3) is 7.42. The number of aromatic nitrogens is 1. The molecule has 0 aliphatic carbocycles. The molecule has 11 heteroatoms. The molecule has 1 unspecified atom stereocenters. The molecule has 4 aromatic carbocycles. The third-order valence-corrected chi connectivity index (χ3v) is 7.79. The monoisotopic (exact) mass is 651 g/mol. The number of aromatic hydroxyl groups is 2. The number of hydrogen-bond acceptors (Lipinski definition) is 10. The van der Waals surface area contributed by atoms with E-state index in [-0.39, 0.29) is 11.3 Å². The van der Waals surface area contributed by atoms with E-state index in [0.717, 1.165) is 22.8 Å². The summed E-state index contributed by atoms with van der Waals surface area (Å²) in [7, 11) is 0. The van der Waals surface area contributed by atoms with Crippen molar-refractivity contribution in [3.05, 3.63) is 143 Å². The molecule has 10 nitrogen and oxygen atoms in total. The quantitative estimate of drug-likeness (QED) is 0.0395. The Balaban J connectivity index is 1.54. The Kier molecular flexibility index (Phi) is 9.57. The standard InChI is InChI=1S/C36H33N3O7S/c1-35(2,3)45-33(44)31(23-19-20-28(40)29(41)21-23)46-39-30(32(42)43)27-22-47-34(37-27)38-36(24-13-7-4-8-14-24,25-15-9-5-10-16-25)26-17-11-6-12-18-26/h4-22,31,40-41H,1-3H3,(H,37,38)(H,42,43). The lowest BCUT2D eigenvalue weighted by molar-refractivity contribution is -0.169. The van der Waals surface area contributed by atoms with Gasteiger partial charge in [0.2, 0.25) is 11.8 Å². The van der Waals surface area contributed by atoms with Crippen molar-refractivity contribution in [1.82, 2.24) is 4.98 Å². The average molecular weight is 652 g/mol. The number of carbonyl (C=O) groups is 2. The number of phenolic OH excluding ortho intramolecular Hbond substituents is 2. The van der Waals surface area contributed by atoms with Crippen molar-refractivity contribution in [3.63, 3.8) is 0 Å². The van der Waals surface area contributed by atoms with Crippen LogP contribution in [-0.4, -0.2) is 43.6 Å². The predicted molar refractivity (Wildman–Crippen MR) is 179 cm³/mol. The minimum atomic E-state index is -1.56. The van der Waals surface area contributed by atoms with Gasteiger partial charge in [-0.15, -0.1) is 11.3 Å². The molecule has 0 spiro atoms. The number of ether oxygens (including phenoxy) is 1. The second-order valence-electron chi connectivity index (χ2n) is 11.5. The maximum atomic E-state index is 13.1. The summed E-state index contributed by atoms with van der Waals surface area (Å²) in [5.41, 5.74) is 0.501. The zero-order valence-corrected chi connectivity index (χ0v) is 26.6. The van der Waals surface area contributed by atoms with Gasteiger partial charge in [0.1, 0.15) is 16.8 Å². The van der Waals surface area contributed by atoms with Crippen LogP contribution in [0.4, 0.5) is 5.13 Å². The summed E-state index contributed by atoms with van der Waals surface area (Å²) in [6.45, 7) is 4.98. The van der Waals surface area contributed by atoms with Gasteiger partial charge < -0.3 is 30.2 Å². The number of aliphatic carboxylic acids is 1. The first kappa shape index (κ1) is 32.7. The second kappa shape index (κ2) is 13.8. The SMILES string of the molecule is CC(C)(C)OC(=O)C(ON=C(C(=O)O)c1csc(NC(c2ccccc2)(c2ccccc2)c2ccccc2)n1)c1ccc(O)c(O)c1. The molecular weight excluding hydrogens is 618 g/mol. The van der Waals surface area contributed by atoms with Gasteiger partial charge in [-0.3, -0.25) is 0 Å².